The van der Waals surface area contributed by atoms with Gasteiger partial charge in [-0.3, -0.25) is 0 Å². The Bertz CT molecular complexity index is 756. The number of aromatic nitrogens is 3. The first-order chi connectivity index (χ1) is 11.2. The van der Waals surface area contributed by atoms with Gasteiger partial charge in [-0.1, -0.05) is 16.8 Å². The highest BCUT2D eigenvalue weighted by molar-refractivity contribution is 6.31. The number of halogens is 1. The number of nitriles is 1. The topological polar surface area (TPSA) is 78.8 Å². The van der Waals surface area contributed by atoms with Crippen molar-refractivity contribution in [1.82, 2.24) is 15.1 Å². The normalized spacial score (nSPS) is 18.9. The van der Waals surface area contributed by atoms with Gasteiger partial charge in [-0.25, -0.2) is 4.98 Å². The Balaban J connectivity index is 1.43. The zero-order chi connectivity index (χ0) is 15.8. The van der Waals surface area contributed by atoms with Crippen molar-refractivity contribution in [2.45, 2.75) is 37.5 Å². The van der Waals surface area contributed by atoms with Crippen molar-refractivity contribution in [3.63, 3.8) is 0 Å². The third-order valence-electron chi connectivity index (χ3n) is 4.51. The van der Waals surface area contributed by atoms with E-state index in [1.165, 1.54) is 12.8 Å². The summed E-state index contributed by atoms with van der Waals surface area (Å²) < 4.78 is 5.36. The van der Waals surface area contributed by atoms with Crippen LogP contribution in [0.4, 0.5) is 5.82 Å². The van der Waals surface area contributed by atoms with Gasteiger partial charge in [0.1, 0.15) is 11.9 Å². The van der Waals surface area contributed by atoms with Crippen molar-refractivity contribution in [2.24, 2.45) is 0 Å². The molecule has 0 atom stereocenters. The van der Waals surface area contributed by atoms with Crippen LogP contribution in [0.25, 0.3) is 0 Å². The van der Waals surface area contributed by atoms with Gasteiger partial charge in [0.25, 0.3) is 0 Å². The molecule has 0 aromatic carbocycles. The average molecular weight is 330 g/mol. The average Bonchev–Trinajstić information content (AvgIpc) is 3.33. The fraction of sp³-hybridized carbons (Fsp3) is 0.500. The van der Waals surface area contributed by atoms with E-state index in [1.807, 2.05) is 12.1 Å². The lowest BCUT2D eigenvalue weighted by Gasteiger charge is -2.31. The SMILES string of the molecule is N#Cc1nc(N2CCC(c3noc(C4CC4)n3)CC2)ccc1Cl. The summed E-state index contributed by atoms with van der Waals surface area (Å²) in [6.45, 7) is 1.72. The molecule has 6 nitrogen and oxygen atoms in total. The smallest absolute Gasteiger partial charge is 0.229 e. The summed E-state index contributed by atoms with van der Waals surface area (Å²) in [5, 5.41) is 13.6. The molecule has 1 saturated heterocycles. The molecule has 0 spiro atoms. The third-order valence-corrected chi connectivity index (χ3v) is 4.81. The Morgan fingerprint density at radius 2 is 1.91 bits per heavy atom. The number of hydrogen-bond donors (Lipinski definition) is 0. The van der Waals surface area contributed by atoms with Gasteiger partial charge >= 0.3 is 0 Å². The first kappa shape index (κ1) is 14.5. The van der Waals surface area contributed by atoms with E-state index < -0.39 is 0 Å². The van der Waals surface area contributed by atoms with Crippen LogP contribution in [-0.4, -0.2) is 28.2 Å². The van der Waals surface area contributed by atoms with Gasteiger partial charge in [-0.05, 0) is 37.8 Å². The molecule has 1 saturated carbocycles. The summed E-state index contributed by atoms with van der Waals surface area (Å²) in [4.78, 5) is 11.1. The van der Waals surface area contributed by atoms with Crippen LogP contribution in [0.3, 0.4) is 0 Å². The second kappa shape index (κ2) is 5.82. The molecule has 2 aromatic heterocycles. The van der Waals surface area contributed by atoms with E-state index in [-0.39, 0.29) is 5.69 Å². The molecule has 0 N–H and O–H groups in total. The number of rotatable bonds is 3. The van der Waals surface area contributed by atoms with Crippen LogP contribution in [0.15, 0.2) is 16.7 Å². The fourth-order valence-corrected chi connectivity index (χ4v) is 3.11. The number of pyridine rings is 1. The minimum atomic E-state index is 0.276. The Morgan fingerprint density at radius 1 is 1.13 bits per heavy atom. The summed E-state index contributed by atoms with van der Waals surface area (Å²) >= 11 is 5.94. The van der Waals surface area contributed by atoms with Gasteiger partial charge in [-0.15, -0.1) is 0 Å². The minimum Gasteiger partial charge on any atom is -0.357 e. The van der Waals surface area contributed by atoms with Gasteiger partial charge in [-0.2, -0.15) is 10.2 Å². The second-order valence-corrected chi connectivity index (χ2v) is 6.55. The fourth-order valence-electron chi connectivity index (χ4n) is 2.96. The zero-order valence-corrected chi connectivity index (χ0v) is 13.3. The Morgan fingerprint density at radius 3 is 2.61 bits per heavy atom. The quantitative estimate of drug-likeness (QED) is 0.860. The van der Waals surface area contributed by atoms with Crippen molar-refractivity contribution in [1.29, 1.82) is 5.26 Å². The highest BCUT2D eigenvalue weighted by Crippen LogP contribution is 2.40. The van der Waals surface area contributed by atoms with Crippen LogP contribution in [0, 0.1) is 11.3 Å². The highest BCUT2D eigenvalue weighted by atomic mass is 35.5. The maximum atomic E-state index is 9.04. The van der Waals surface area contributed by atoms with E-state index in [2.05, 4.69) is 20.0 Å². The monoisotopic (exact) mass is 329 g/mol. The molecule has 2 aliphatic rings. The zero-order valence-electron chi connectivity index (χ0n) is 12.6. The molecule has 1 aliphatic carbocycles. The number of anilines is 1. The molecule has 4 rings (SSSR count). The predicted octanol–water partition coefficient (Wildman–Crippen LogP) is 3.25. The van der Waals surface area contributed by atoms with Crippen molar-refractivity contribution >= 4 is 17.4 Å². The molecule has 23 heavy (non-hydrogen) atoms. The summed E-state index contributed by atoms with van der Waals surface area (Å²) in [6, 6.07) is 5.62. The van der Waals surface area contributed by atoms with Crippen LogP contribution < -0.4 is 4.90 Å². The molecule has 118 valence electrons. The molecule has 0 amide bonds. The molecule has 3 heterocycles. The van der Waals surface area contributed by atoms with Gasteiger partial charge in [0, 0.05) is 24.9 Å². The lowest BCUT2D eigenvalue weighted by Crippen LogP contribution is -2.33. The lowest BCUT2D eigenvalue weighted by atomic mass is 9.96. The highest BCUT2D eigenvalue weighted by Gasteiger charge is 2.32. The van der Waals surface area contributed by atoms with Gasteiger partial charge < -0.3 is 9.42 Å². The summed E-state index contributed by atoms with van der Waals surface area (Å²) in [5.74, 6) is 3.29. The molecule has 1 aliphatic heterocycles. The molecule has 2 fully saturated rings. The van der Waals surface area contributed by atoms with Gasteiger partial charge in [0.2, 0.25) is 5.89 Å². The van der Waals surface area contributed by atoms with E-state index in [1.54, 1.807) is 6.07 Å². The van der Waals surface area contributed by atoms with Crippen LogP contribution in [-0.2, 0) is 0 Å². The van der Waals surface area contributed by atoms with Gasteiger partial charge in [0.05, 0.1) is 5.02 Å². The Hall–Kier alpha value is -2.13. The molecular formula is C16H16ClN5O. The Kier molecular flexibility index (Phi) is 3.66. The maximum Gasteiger partial charge on any atom is 0.229 e. The maximum absolute atomic E-state index is 9.04. The van der Waals surface area contributed by atoms with Crippen LogP contribution >= 0.6 is 11.6 Å². The van der Waals surface area contributed by atoms with E-state index in [0.717, 1.165) is 43.5 Å². The van der Waals surface area contributed by atoms with E-state index in [4.69, 9.17) is 21.4 Å². The molecular weight excluding hydrogens is 314 g/mol. The lowest BCUT2D eigenvalue weighted by molar-refractivity contribution is 0.364. The largest absolute Gasteiger partial charge is 0.357 e. The first-order valence-corrected chi connectivity index (χ1v) is 8.27. The summed E-state index contributed by atoms with van der Waals surface area (Å²) in [5.41, 5.74) is 0.276. The molecule has 2 aromatic rings. The molecule has 0 bridgehead atoms. The standard InChI is InChI=1S/C16H16ClN5O/c17-12-3-4-14(19-13(12)9-18)22-7-5-10(6-8-22)15-20-16(23-21-15)11-1-2-11/h3-4,10-11H,1-2,5-8H2. The first-order valence-electron chi connectivity index (χ1n) is 7.89. The van der Waals surface area contributed by atoms with Crippen molar-refractivity contribution in [3.05, 3.63) is 34.6 Å². The number of piperidine rings is 1. The predicted molar refractivity (Wildman–Crippen MR) is 84.4 cm³/mol. The third kappa shape index (κ3) is 2.89. The van der Waals surface area contributed by atoms with Gasteiger partial charge in [0.15, 0.2) is 11.5 Å². The van der Waals surface area contributed by atoms with E-state index in [9.17, 15) is 0 Å². The summed E-state index contributed by atoms with van der Waals surface area (Å²) in [6.07, 6.45) is 4.25. The number of hydrogen-bond acceptors (Lipinski definition) is 6. The van der Waals surface area contributed by atoms with Crippen molar-refractivity contribution < 1.29 is 4.52 Å². The molecule has 0 radical (unpaired) electrons. The molecule has 0 unspecified atom stereocenters. The minimum absolute atomic E-state index is 0.276. The van der Waals surface area contributed by atoms with Crippen LogP contribution in [0.2, 0.25) is 5.02 Å². The van der Waals surface area contributed by atoms with Crippen molar-refractivity contribution in [2.75, 3.05) is 18.0 Å². The van der Waals surface area contributed by atoms with Crippen LogP contribution in [0.1, 0.15) is 54.9 Å². The summed E-state index contributed by atoms with van der Waals surface area (Å²) in [7, 11) is 0. The van der Waals surface area contributed by atoms with E-state index in [0.29, 0.717) is 16.9 Å². The van der Waals surface area contributed by atoms with Crippen molar-refractivity contribution in [3.8, 4) is 6.07 Å². The Labute approximate surface area is 139 Å². The number of nitrogens with zero attached hydrogens (tertiary/aromatic N) is 5. The van der Waals surface area contributed by atoms with E-state index >= 15 is 0 Å². The molecule has 7 heteroatoms. The second-order valence-electron chi connectivity index (χ2n) is 6.14. The van der Waals surface area contributed by atoms with Crippen LogP contribution in [0.5, 0.6) is 0 Å².